The third-order valence-corrected chi connectivity index (χ3v) is 3.55. The van der Waals surface area contributed by atoms with E-state index in [1.165, 1.54) is 0 Å². The molecule has 0 aromatic rings. The van der Waals surface area contributed by atoms with Crippen LogP contribution in [0.5, 0.6) is 0 Å². The summed E-state index contributed by atoms with van der Waals surface area (Å²) in [6.07, 6.45) is 3.73. The number of hydrogen-bond donors (Lipinski definition) is 3. The molecular weight excluding hydrogens is 204 g/mol. The van der Waals surface area contributed by atoms with Crippen molar-refractivity contribution in [1.82, 2.24) is 10.6 Å². The topological polar surface area (TPSA) is 61.4 Å². The van der Waals surface area contributed by atoms with Gasteiger partial charge in [0.05, 0.1) is 12.1 Å². The van der Waals surface area contributed by atoms with E-state index in [0.29, 0.717) is 12.0 Å². The zero-order chi connectivity index (χ0) is 12.2. The monoisotopic (exact) mass is 228 g/mol. The van der Waals surface area contributed by atoms with Crippen LogP contribution in [0, 0.1) is 5.41 Å². The maximum Gasteiger partial charge on any atom is 0.233 e. The van der Waals surface area contributed by atoms with Crippen molar-refractivity contribution in [3.05, 3.63) is 0 Å². The summed E-state index contributed by atoms with van der Waals surface area (Å²) in [5.74, 6) is -0.0419. The molecule has 0 spiro atoms. The van der Waals surface area contributed by atoms with E-state index >= 15 is 0 Å². The Hall–Kier alpha value is -0.610. The van der Waals surface area contributed by atoms with E-state index in [4.69, 9.17) is 0 Å². The van der Waals surface area contributed by atoms with E-state index < -0.39 is 5.60 Å². The van der Waals surface area contributed by atoms with Crippen LogP contribution in [0.25, 0.3) is 0 Å². The van der Waals surface area contributed by atoms with Crippen LogP contribution >= 0.6 is 0 Å². The fourth-order valence-corrected chi connectivity index (χ4v) is 2.07. The molecule has 4 nitrogen and oxygen atoms in total. The molecule has 0 bridgehead atoms. The largest absolute Gasteiger partial charge is 0.389 e. The molecule has 0 unspecified atom stereocenters. The fraction of sp³-hybridized carbons (Fsp3) is 0.917. The van der Waals surface area contributed by atoms with Crippen molar-refractivity contribution in [1.29, 1.82) is 0 Å². The van der Waals surface area contributed by atoms with Gasteiger partial charge in [-0.05, 0) is 31.1 Å². The predicted octanol–water partition coefficient (Wildman–Crippen LogP) is 0.653. The first kappa shape index (κ1) is 13.5. The molecule has 0 aromatic carbocycles. The van der Waals surface area contributed by atoms with Gasteiger partial charge >= 0.3 is 0 Å². The average Bonchev–Trinajstić information content (AvgIpc) is 2.23. The average molecular weight is 228 g/mol. The van der Waals surface area contributed by atoms with Crippen molar-refractivity contribution in [3.8, 4) is 0 Å². The number of carbonyl (C=O) groups is 1. The van der Waals surface area contributed by atoms with Crippen LogP contribution in [-0.2, 0) is 4.79 Å². The lowest BCUT2D eigenvalue weighted by Crippen LogP contribution is -2.47. The summed E-state index contributed by atoms with van der Waals surface area (Å²) >= 11 is 0. The van der Waals surface area contributed by atoms with Gasteiger partial charge in [0.25, 0.3) is 0 Å². The van der Waals surface area contributed by atoms with Crippen molar-refractivity contribution in [2.75, 3.05) is 20.1 Å². The molecule has 1 aliphatic rings. The van der Waals surface area contributed by atoms with Crippen LogP contribution in [0.3, 0.4) is 0 Å². The Bertz CT molecular complexity index is 241. The normalized spacial score (nSPS) is 22.8. The van der Waals surface area contributed by atoms with Gasteiger partial charge in [0.15, 0.2) is 0 Å². The number of aliphatic hydroxyl groups is 1. The third kappa shape index (κ3) is 4.10. The zero-order valence-electron chi connectivity index (χ0n) is 10.6. The van der Waals surface area contributed by atoms with E-state index in [2.05, 4.69) is 24.5 Å². The Labute approximate surface area is 97.8 Å². The molecule has 94 valence electrons. The van der Waals surface area contributed by atoms with Crippen molar-refractivity contribution in [2.24, 2.45) is 5.41 Å². The lowest BCUT2D eigenvalue weighted by atomic mass is 9.71. The minimum absolute atomic E-state index is 0.0419. The van der Waals surface area contributed by atoms with Crippen molar-refractivity contribution < 1.29 is 9.90 Å². The second kappa shape index (κ2) is 5.15. The lowest BCUT2D eigenvalue weighted by molar-refractivity contribution is -0.120. The van der Waals surface area contributed by atoms with E-state index in [0.717, 1.165) is 25.7 Å². The SMILES string of the molecule is CNC(=O)CNCC1(O)CCC(C)(C)CC1. The molecule has 16 heavy (non-hydrogen) atoms. The van der Waals surface area contributed by atoms with Crippen LogP contribution in [0.1, 0.15) is 39.5 Å². The van der Waals surface area contributed by atoms with Crippen molar-refractivity contribution >= 4 is 5.91 Å². The van der Waals surface area contributed by atoms with Gasteiger partial charge in [-0.3, -0.25) is 4.79 Å². The minimum atomic E-state index is -0.621. The second-order valence-corrected chi connectivity index (χ2v) is 5.67. The Morgan fingerprint density at radius 1 is 1.25 bits per heavy atom. The fourth-order valence-electron chi connectivity index (χ4n) is 2.07. The predicted molar refractivity (Wildman–Crippen MR) is 64.1 cm³/mol. The molecule has 0 aliphatic heterocycles. The van der Waals surface area contributed by atoms with Crippen molar-refractivity contribution in [2.45, 2.75) is 45.1 Å². The van der Waals surface area contributed by atoms with Gasteiger partial charge in [0, 0.05) is 13.6 Å². The number of nitrogens with one attached hydrogen (secondary N) is 2. The third-order valence-electron chi connectivity index (χ3n) is 3.55. The lowest BCUT2D eigenvalue weighted by Gasteiger charge is -2.40. The molecule has 3 N–H and O–H groups in total. The number of hydrogen-bond acceptors (Lipinski definition) is 3. The highest BCUT2D eigenvalue weighted by molar-refractivity contribution is 5.77. The van der Waals surface area contributed by atoms with Gasteiger partial charge in [-0.25, -0.2) is 0 Å². The molecule has 0 atom stereocenters. The first-order valence-electron chi connectivity index (χ1n) is 6.01. The van der Waals surface area contributed by atoms with Crippen LogP contribution in [0.4, 0.5) is 0 Å². The van der Waals surface area contributed by atoms with Gasteiger partial charge in [-0.2, -0.15) is 0 Å². The number of amides is 1. The van der Waals surface area contributed by atoms with Gasteiger partial charge in [-0.15, -0.1) is 0 Å². The highest BCUT2D eigenvalue weighted by Crippen LogP contribution is 2.39. The summed E-state index contributed by atoms with van der Waals surface area (Å²) in [7, 11) is 1.61. The first-order valence-corrected chi connectivity index (χ1v) is 6.01. The van der Waals surface area contributed by atoms with E-state index in [1.54, 1.807) is 7.05 Å². The molecule has 0 radical (unpaired) electrons. The van der Waals surface area contributed by atoms with Crippen LogP contribution in [-0.4, -0.2) is 36.8 Å². The number of likely N-dealkylation sites (N-methyl/N-ethyl adjacent to an activating group) is 1. The highest BCUT2D eigenvalue weighted by atomic mass is 16.3. The van der Waals surface area contributed by atoms with E-state index in [9.17, 15) is 9.90 Å². The highest BCUT2D eigenvalue weighted by Gasteiger charge is 2.36. The Morgan fingerprint density at radius 3 is 2.31 bits per heavy atom. The molecular formula is C12H24N2O2. The molecule has 1 fully saturated rings. The maximum absolute atomic E-state index is 11.0. The minimum Gasteiger partial charge on any atom is -0.389 e. The maximum atomic E-state index is 11.0. The van der Waals surface area contributed by atoms with Gasteiger partial charge in [-0.1, -0.05) is 13.8 Å². The number of rotatable bonds is 4. The molecule has 0 aromatic heterocycles. The standard InChI is InChI=1S/C12H24N2O2/c1-11(2)4-6-12(16,7-5-11)9-14-8-10(15)13-3/h14,16H,4-9H2,1-3H3,(H,13,15). The van der Waals surface area contributed by atoms with Crippen molar-refractivity contribution in [3.63, 3.8) is 0 Å². The van der Waals surface area contributed by atoms with Crippen LogP contribution < -0.4 is 10.6 Å². The van der Waals surface area contributed by atoms with Gasteiger partial charge in [0.1, 0.15) is 0 Å². The Balaban J connectivity index is 2.29. The molecule has 0 saturated heterocycles. The molecule has 1 aliphatic carbocycles. The summed E-state index contributed by atoms with van der Waals surface area (Å²) in [5.41, 5.74) is -0.267. The Kier molecular flexibility index (Phi) is 4.33. The molecule has 1 rings (SSSR count). The van der Waals surface area contributed by atoms with Gasteiger partial charge in [0.2, 0.25) is 5.91 Å². The quantitative estimate of drug-likeness (QED) is 0.662. The van der Waals surface area contributed by atoms with E-state index in [-0.39, 0.29) is 12.5 Å². The summed E-state index contributed by atoms with van der Waals surface area (Å²) in [6.45, 7) is 5.27. The summed E-state index contributed by atoms with van der Waals surface area (Å²) < 4.78 is 0. The van der Waals surface area contributed by atoms with Crippen LogP contribution in [0.15, 0.2) is 0 Å². The second-order valence-electron chi connectivity index (χ2n) is 5.67. The Morgan fingerprint density at radius 2 is 1.81 bits per heavy atom. The van der Waals surface area contributed by atoms with E-state index in [1.807, 2.05) is 0 Å². The molecule has 1 saturated carbocycles. The molecule has 1 amide bonds. The number of carbonyl (C=O) groups excluding carboxylic acids is 1. The molecule has 0 heterocycles. The summed E-state index contributed by atoms with van der Waals surface area (Å²) in [4.78, 5) is 11.0. The zero-order valence-corrected chi connectivity index (χ0v) is 10.6. The first-order chi connectivity index (χ1) is 7.37. The molecule has 4 heteroatoms. The summed E-state index contributed by atoms with van der Waals surface area (Å²) in [5, 5.41) is 15.9. The van der Waals surface area contributed by atoms with Gasteiger partial charge < -0.3 is 15.7 Å². The summed E-state index contributed by atoms with van der Waals surface area (Å²) in [6, 6.07) is 0. The smallest absolute Gasteiger partial charge is 0.233 e. The van der Waals surface area contributed by atoms with Crippen LogP contribution in [0.2, 0.25) is 0 Å².